The Hall–Kier alpha value is -1.35. The molecular weight excluding hydrogens is 295 g/mol. The number of alkyl halides is 1. The van der Waals surface area contributed by atoms with Crippen LogP contribution in [0.25, 0.3) is 0 Å². The van der Waals surface area contributed by atoms with Gasteiger partial charge >= 0.3 is 0 Å². The summed E-state index contributed by atoms with van der Waals surface area (Å²) in [5.41, 5.74) is 3.14. The van der Waals surface area contributed by atoms with Crippen LogP contribution in [0, 0.1) is 19.7 Å². The fourth-order valence-corrected chi connectivity index (χ4v) is 2.07. The van der Waals surface area contributed by atoms with Gasteiger partial charge in [0.05, 0.1) is 0 Å². The van der Waals surface area contributed by atoms with E-state index in [1.54, 1.807) is 12.1 Å². The lowest BCUT2D eigenvalue weighted by Crippen LogP contribution is -1.92. The molecule has 0 bridgehead atoms. The van der Waals surface area contributed by atoms with Gasteiger partial charge in [-0.05, 0) is 48.7 Å². The van der Waals surface area contributed by atoms with Crippen LogP contribution in [0.5, 0.6) is 11.5 Å². The van der Waals surface area contributed by atoms with Gasteiger partial charge in [-0.3, -0.25) is 0 Å². The Kier molecular flexibility index (Phi) is 4.02. The molecule has 0 N–H and O–H groups in total. The van der Waals surface area contributed by atoms with E-state index in [0.717, 1.165) is 16.5 Å². The zero-order chi connectivity index (χ0) is 13.1. The van der Waals surface area contributed by atoms with Crippen LogP contribution in [-0.4, -0.2) is 0 Å². The van der Waals surface area contributed by atoms with Crippen molar-refractivity contribution >= 4 is 15.9 Å². The largest absolute Gasteiger partial charge is 0.454 e. The number of ether oxygens (including phenoxy) is 1. The number of halogens is 2. The second-order valence-corrected chi connectivity index (χ2v) is 4.83. The van der Waals surface area contributed by atoms with E-state index in [9.17, 15) is 4.39 Å². The van der Waals surface area contributed by atoms with Crippen LogP contribution in [0.4, 0.5) is 4.39 Å². The highest BCUT2D eigenvalue weighted by Crippen LogP contribution is 2.28. The average Bonchev–Trinajstić information content (AvgIpc) is 2.36. The normalized spacial score (nSPS) is 10.4. The lowest BCUT2D eigenvalue weighted by molar-refractivity contribution is 0.439. The molecule has 0 aliphatic carbocycles. The summed E-state index contributed by atoms with van der Waals surface area (Å²) in [5.74, 6) is 0.610. The second-order valence-electron chi connectivity index (χ2n) is 4.27. The molecule has 2 aromatic rings. The fraction of sp³-hybridized carbons (Fsp3) is 0.200. The number of benzene rings is 2. The summed E-state index contributed by atoms with van der Waals surface area (Å²) in [5, 5.41) is 0.799. The molecule has 0 saturated carbocycles. The zero-order valence-electron chi connectivity index (χ0n) is 10.3. The van der Waals surface area contributed by atoms with E-state index in [0.29, 0.717) is 5.75 Å². The molecule has 0 unspecified atom stereocenters. The monoisotopic (exact) mass is 308 g/mol. The van der Waals surface area contributed by atoms with Crippen LogP contribution in [0.1, 0.15) is 16.7 Å². The number of rotatable bonds is 3. The van der Waals surface area contributed by atoms with Gasteiger partial charge in [-0.2, -0.15) is 0 Å². The Morgan fingerprint density at radius 2 is 1.83 bits per heavy atom. The maximum absolute atomic E-state index is 13.6. The highest BCUT2D eigenvalue weighted by molar-refractivity contribution is 9.08. The Balaban J connectivity index is 2.31. The number of aryl methyl sites for hydroxylation is 2. The van der Waals surface area contributed by atoms with Crippen LogP contribution in [0.3, 0.4) is 0 Å². The third-order valence-corrected chi connectivity index (χ3v) is 3.35. The molecule has 94 valence electrons. The SMILES string of the molecule is Cc1ccc(F)c(Oc2ccc(CBr)cc2C)c1. The van der Waals surface area contributed by atoms with Crippen molar-refractivity contribution < 1.29 is 9.13 Å². The van der Waals surface area contributed by atoms with Gasteiger partial charge in [-0.1, -0.05) is 34.1 Å². The zero-order valence-corrected chi connectivity index (χ0v) is 11.9. The first-order valence-electron chi connectivity index (χ1n) is 5.69. The minimum absolute atomic E-state index is 0.268. The lowest BCUT2D eigenvalue weighted by Gasteiger charge is -2.11. The molecule has 0 aliphatic heterocycles. The predicted octanol–water partition coefficient (Wildman–Crippen LogP) is 5.13. The van der Waals surface area contributed by atoms with Gasteiger partial charge in [0.1, 0.15) is 5.75 Å². The highest BCUT2D eigenvalue weighted by Gasteiger charge is 2.07. The summed E-state index contributed by atoms with van der Waals surface area (Å²) in [4.78, 5) is 0. The molecule has 0 radical (unpaired) electrons. The molecule has 0 heterocycles. The summed E-state index contributed by atoms with van der Waals surface area (Å²) >= 11 is 3.40. The maximum atomic E-state index is 13.6. The summed E-state index contributed by atoms with van der Waals surface area (Å²) in [7, 11) is 0. The van der Waals surface area contributed by atoms with Crippen LogP contribution in [-0.2, 0) is 5.33 Å². The van der Waals surface area contributed by atoms with Crippen molar-refractivity contribution in [1.82, 2.24) is 0 Å². The summed E-state index contributed by atoms with van der Waals surface area (Å²) in [6, 6.07) is 10.7. The summed E-state index contributed by atoms with van der Waals surface area (Å²) in [6.07, 6.45) is 0. The molecular formula is C15H14BrFO. The summed E-state index contributed by atoms with van der Waals surface area (Å²) in [6.45, 7) is 3.86. The molecule has 0 spiro atoms. The van der Waals surface area contributed by atoms with Gasteiger partial charge < -0.3 is 4.74 Å². The summed E-state index contributed by atoms with van der Waals surface area (Å²) < 4.78 is 19.2. The van der Waals surface area contributed by atoms with Crippen molar-refractivity contribution in [2.45, 2.75) is 19.2 Å². The van der Waals surface area contributed by atoms with Gasteiger partial charge in [-0.15, -0.1) is 0 Å². The molecule has 18 heavy (non-hydrogen) atoms. The van der Waals surface area contributed by atoms with E-state index >= 15 is 0 Å². The van der Waals surface area contributed by atoms with Crippen LogP contribution < -0.4 is 4.74 Å². The van der Waals surface area contributed by atoms with Crippen molar-refractivity contribution in [2.75, 3.05) is 0 Å². The Bertz CT molecular complexity index is 566. The van der Waals surface area contributed by atoms with E-state index < -0.39 is 0 Å². The molecule has 0 saturated heterocycles. The van der Waals surface area contributed by atoms with E-state index in [2.05, 4.69) is 15.9 Å². The second kappa shape index (κ2) is 5.53. The van der Waals surface area contributed by atoms with Gasteiger partial charge in [0, 0.05) is 5.33 Å². The van der Waals surface area contributed by atoms with Gasteiger partial charge in [0.2, 0.25) is 0 Å². The van der Waals surface area contributed by atoms with Crippen molar-refractivity contribution in [2.24, 2.45) is 0 Å². The van der Waals surface area contributed by atoms with E-state index in [4.69, 9.17) is 4.74 Å². The minimum atomic E-state index is -0.343. The van der Waals surface area contributed by atoms with E-state index in [1.807, 2.05) is 32.0 Å². The van der Waals surface area contributed by atoms with E-state index in [1.165, 1.54) is 11.6 Å². The first-order valence-corrected chi connectivity index (χ1v) is 6.82. The van der Waals surface area contributed by atoms with Crippen LogP contribution in [0.15, 0.2) is 36.4 Å². The molecule has 3 heteroatoms. The van der Waals surface area contributed by atoms with Gasteiger partial charge in [0.25, 0.3) is 0 Å². The molecule has 0 aliphatic rings. The third kappa shape index (κ3) is 2.91. The minimum Gasteiger partial charge on any atom is -0.454 e. The first kappa shape index (κ1) is 13.1. The van der Waals surface area contributed by atoms with Gasteiger partial charge in [0.15, 0.2) is 11.6 Å². The molecule has 0 atom stereocenters. The van der Waals surface area contributed by atoms with Crippen molar-refractivity contribution in [3.05, 3.63) is 58.9 Å². The lowest BCUT2D eigenvalue weighted by atomic mass is 10.1. The molecule has 1 nitrogen and oxygen atoms in total. The average molecular weight is 309 g/mol. The van der Waals surface area contributed by atoms with Crippen molar-refractivity contribution in [3.63, 3.8) is 0 Å². The van der Waals surface area contributed by atoms with Crippen molar-refractivity contribution in [1.29, 1.82) is 0 Å². The highest BCUT2D eigenvalue weighted by atomic mass is 79.9. The van der Waals surface area contributed by atoms with E-state index in [-0.39, 0.29) is 11.6 Å². The van der Waals surface area contributed by atoms with Crippen LogP contribution in [0.2, 0.25) is 0 Å². The molecule has 0 aromatic heterocycles. The Morgan fingerprint density at radius 3 is 2.50 bits per heavy atom. The maximum Gasteiger partial charge on any atom is 0.165 e. The Labute approximate surface area is 115 Å². The molecule has 0 amide bonds. The quantitative estimate of drug-likeness (QED) is 0.714. The fourth-order valence-electron chi connectivity index (χ4n) is 1.72. The van der Waals surface area contributed by atoms with Crippen LogP contribution >= 0.6 is 15.9 Å². The van der Waals surface area contributed by atoms with Crippen molar-refractivity contribution in [3.8, 4) is 11.5 Å². The molecule has 0 fully saturated rings. The molecule has 2 rings (SSSR count). The van der Waals surface area contributed by atoms with Gasteiger partial charge in [-0.25, -0.2) is 4.39 Å². The Morgan fingerprint density at radius 1 is 1.06 bits per heavy atom. The first-order chi connectivity index (χ1) is 8.60. The smallest absolute Gasteiger partial charge is 0.165 e. The number of hydrogen-bond donors (Lipinski definition) is 0. The predicted molar refractivity (Wildman–Crippen MR) is 75.0 cm³/mol. The third-order valence-electron chi connectivity index (χ3n) is 2.70. The standard InChI is InChI=1S/C15H14BrFO/c1-10-3-5-13(17)15(7-10)18-14-6-4-12(9-16)8-11(14)2/h3-8H,9H2,1-2H3. The topological polar surface area (TPSA) is 9.23 Å². The number of hydrogen-bond acceptors (Lipinski definition) is 1. The molecule has 2 aromatic carbocycles.